The van der Waals surface area contributed by atoms with Gasteiger partial charge in [-0.05, 0) is 18.6 Å². The number of unbranched alkanes of at least 4 members (excludes halogenated alkanes) is 1. The summed E-state index contributed by atoms with van der Waals surface area (Å²) in [5.74, 6) is 0.859. The van der Waals surface area contributed by atoms with Crippen molar-refractivity contribution in [3.8, 4) is 5.75 Å². The van der Waals surface area contributed by atoms with Crippen LogP contribution in [0.3, 0.4) is 0 Å². The van der Waals surface area contributed by atoms with Crippen LogP contribution in [0.2, 0.25) is 10.0 Å². The number of hydrogen-bond acceptors (Lipinski definition) is 5. The Kier molecular flexibility index (Phi) is 5.49. The summed E-state index contributed by atoms with van der Waals surface area (Å²) >= 11 is 11.9. The summed E-state index contributed by atoms with van der Waals surface area (Å²) in [5.41, 5.74) is 0. The molecule has 0 unspecified atom stereocenters. The first-order chi connectivity index (χ1) is 9.69. The molecule has 0 bridgehead atoms. The van der Waals surface area contributed by atoms with Gasteiger partial charge in [-0.15, -0.1) is 5.10 Å². The average Bonchev–Trinajstić information content (AvgIpc) is 2.88. The largest absolute Gasteiger partial charge is 0.482 e. The first-order valence-corrected chi connectivity index (χ1v) is 7.08. The van der Waals surface area contributed by atoms with Crippen LogP contribution < -0.4 is 10.1 Å². The van der Waals surface area contributed by atoms with Crippen molar-refractivity contribution in [3.63, 3.8) is 0 Å². The van der Waals surface area contributed by atoms with Gasteiger partial charge in [-0.25, -0.2) is 0 Å². The molecule has 5 nitrogen and oxygen atoms in total. The van der Waals surface area contributed by atoms with Crippen LogP contribution in [0, 0.1) is 0 Å². The first-order valence-electron chi connectivity index (χ1n) is 6.33. The third-order valence-electron chi connectivity index (χ3n) is 2.52. The fraction of sp³-hybridized carbons (Fsp3) is 0.385. The number of benzene rings is 1. The molecule has 1 heterocycles. The Morgan fingerprint density at radius 3 is 2.95 bits per heavy atom. The molecular formula is C13H15Cl2N3O2. The lowest BCUT2D eigenvalue weighted by Gasteiger charge is -2.05. The lowest BCUT2D eigenvalue weighted by molar-refractivity contribution is 0.265. The number of aromatic nitrogens is 2. The highest BCUT2D eigenvalue weighted by atomic mass is 35.5. The second kappa shape index (κ2) is 7.36. The second-order valence-electron chi connectivity index (χ2n) is 4.14. The standard InChI is InChI=1S/C13H15Cl2N3O2/c1-2-3-6-16-13-18-17-12(20-13)8-19-11-7-9(14)4-5-10(11)15/h4-5,7H,2-3,6,8H2,1H3,(H,16,18). The number of hydrogen-bond donors (Lipinski definition) is 1. The van der Waals surface area contributed by atoms with Gasteiger partial charge in [0.15, 0.2) is 6.61 Å². The highest BCUT2D eigenvalue weighted by molar-refractivity contribution is 6.34. The van der Waals surface area contributed by atoms with Gasteiger partial charge < -0.3 is 14.5 Å². The maximum atomic E-state index is 5.99. The van der Waals surface area contributed by atoms with E-state index in [9.17, 15) is 0 Å². The first kappa shape index (κ1) is 14.9. The smallest absolute Gasteiger partial charge is 0.315 e. The van der Waals surface area contributed by atoms with Crippen LogP contribution >= 0.6 is 23.2 Å². The average molecular weight is 316 g/mol. The van der Waals surface area contributed by atoms with Gasteiger partial charge in [0.2, 0.25) is 0 Å². The van der Waals surface area contributed by atoms with E-state index in [-0.39, 0.29) is 6.61 Å². The molecule has 0 aliphatic rings. The predicted octanol–water partition coefficient (Wildman–Crippen LogP) is 4.17. The maximum Gasteiger partial charge on any atom is 0.315 e. The van der Waals surface area contributed by atoms with Crippen molar-refractivity contribution in [1.29, 1.82) is 0 Å². The number of halogens is 2. The molecule has 1 aromatic heterocycles. The Balaban J connectivity index is 1.89. The van der Waals surface area contributed by atoms with Crippen LogP contribution in [-0.4, -0.2) is 16.7 Å². The zero-order chi connectivity index (χ0) is 14.4. The monoisotopic (exact) mass is 315 g/mol. The van der Waals surface area contributed by atoms with E-state index in [0.29, 0.717) is 27.7 Å². The summed E-state index contributed by atoms with van der Waals surface area (Å²) in [5, 5.41) is 11.8. The Hall–Kier alpha value is -1.46. The van der Waals surface area contributed by atoms with E-state index in [0.717, 1.165) is 19.4 Å². The third-order valence-corrected chi connectivity index (χ3v) is 3.07. The summed E-state index contributed by atoms with van der Waals surface area (Å²) in [6.45, 7) is 3.06. The zero-order valence-electron chi connectivity index (χ0n) is 11.0. The molecule has 20 heavy (non-hydrogen) atoms. The van der Waals surface area contributed by atoms with Crippen molar-refractivity contribution in [2.45, 2.75) is 26.4 Å². The Labute approximate surface area is 127 Å². The Morgan fingerprint density at radius 2 is 2.15 bits per heavy atom. The molecule has 0 saturated heterocycles. The molecule has 2 rings (SSSR count). The summed E-state index contributed by atoms with van der Waals surface area (Å²) in [6.07, 6.45) is 2.15. The van der Waals surface area contributed by atoms with Crippen LogP contribution in [-0.2, 0) is 6.61 Å². The van der Waals surface area contributed by atoms with E-state index in [1.165, 1.54) is 0 Å². The van der Waals surface area contributed by atoms with Crippen molar-refractivity contribution in [2.24, 2.45) is 0 Å². The van der Waals surface area contributed by atoms with Gasteiger partial charge in [0.25, 0.3) is 5.89 Å². The van der Waals surface area contributed by atoms with Crippen molar-refractivity contribution in [2.75, 3.05) is 11.9 Å². The van der Waals surface area contributed by atoms with Gasteiger partial charge in [0.05, 0.1) is 5.02 Å². The molecular weight excluding hydrogens is 301 g/mol. The van der Waals surface area contributed by atoms with Gasteiger partial charge in [-0.3, -0.25) is 0 Å². The van der Waals surface area contributed by atoms with Crippen LogP contribution in [0.5, 0.6) is 5.75 Å². The molecule has 0 atom stereocenters. The topological polar surface area (TPSA) is 60.2 Å². The zero-order valence-corrected chi connectivity index (χ0v) is 12.5. The minimum absolute atomic E-state index is 0.141. The van der Waals surface area contributed by atoms with Gasteiger partial charge in [0.1, 0.15) is 5.75 Å². The molecule has 108 valence electrons. The number of nitrogens with one attached hydrogen (secondary N) is 1. The summed E-state index contributed by atoms with van der Waals surface area (Å²) in [6, 6.07) is 5.40. The normalized spacial score (nSPS) is 10.6. The molecule has 0 aliphatic carbocycles. The Bertz CT molecular complexity index is 560. The molecule has 0 saturated carbocycles. The third kappa shape index (κ3) is 4.28. The number of nitrogens with zero attached hydrogens (tertiary/aromatic N) is 2. The molecule has 0 fully saturated rings. The molecule has 7 heteroatoms. The highest BCUT2D eigenvalue weighted by Crippen LogP contribution is 2.28. The molecule has 1 N–H and O–H groups in total. The summed E-state index contributed by atoms with van der Waals surface area (Å²) < 4.78 is 10.9. The number of ether oxygens (including phenoxy) is 1. The van der Waals surface area contributed by atoms with Crippen molar-refractivity contribution < 1.29 is 9.15 Å². The maximum absolute atomic E-state index is 5.99. The quantitative estimate of drug-likeness (QED) is 0.777. The molecule has 2 aromatic rings. The van der Waals surface area contributed by atoms with Gasteiger partial charge >= 0.3 is 6.01 Å². The second-order valence-corrected chi connectivity index (χ2v) is 4.99. The van der Waals surface area contributed by atoms with E-state index in [1.807, 2.05) is 0 Å². The lowest BCUT2D eigenvalue weighted by atomic mass is 10.3. The number of rotatable bonds is 7. The van der Waals surface area contributed by atoms with Gasteiger partial charge in [0, 0.05) is 17.6 Å². The van der Waals surface area contributed by atoms with E-state index < -0.39 is 0 Å². The molecule has 0 amide bonds. The fourth-order valence-corrected chi connectivity index (χ4v) is 1.82. The van der Waals surface area contributed by atoms with E-state index in [1.54, 1.807) is 18.2 Å². The molecule has 0 aliphatic heterocycles. The SMILES string of the molecule is CCCCNc1nnc(COc2cc(Cl)ccc2Cl)o1. The van der Waals surface area contributed by atoms with Gasteiger partial charge in [-0.2, -0.15) is 0 Å². The minimum atomic E-state index is 0.141. The highest BCUT2D eigenvalue weighted by Gasteiger charge is 2.08. The Morgan fingerprint density at radius 1 is 1.30 bits per heavy atom. The van der Waals surface area contributed by atoms with Crippen molar-refractivity contribution in [1.82, 2.24) is 10.2 Å². The number of anilines is 1. The van der Waals surface area contributed by atoms with Crippen molar-refractivity contribution >= 4 is 29.2 Å². The molecule has 0 spiro atoms. The van der Waals surface area contributed by atoms with E-state index in [4.69, 9.17) is 32.4 Å². The minimum Gasteiger partial charge on any atom is -0.482 e. The van der Waals surface area contributed by atoms with Crippen LogP contribution in [0.4, 0.5) is 6.01 Å². The summed E-state index contributed by atoms with van der Waals surface area (Å²) in [4.78, 5) is 0. The molecule has 0 radical (unpaired) electrons. The predicted molar refractivity (Wildman–Crippen MR) is 78.5 cm³/mol. The molecule has 1 aromatic carbocycles. The van der Waals surface area contributed by atoms with Crippen LogP contribution in [0.25, 0.3) is 0 Å². The van der Waals surface area contributed by atoms with Crippen molar-refractivity contribution in [3.05, 3.63) is 34.1 Å². The van der Waals surface area contributed by atoms with Crippen LogP contribution in [0.1, 0.15) is 25.7 Å². The van der Waals surface area contributed by atoms with E-state index >= 15 is 0 Å². The lowest BCUT2D eigenvalue weighted by Crippen LogP contribution is -2.00. The van der Waals surface area contributed by atoms with Crippen LogP contribution in [0.15, 0.2) is 22.6 Å². The van der Waals surface area contributed by atoms with Gasteiger partial charge in [-0.1, -0.05) is 41.6 Å². The van der Waals surface area contributed by atoms with E-state index in [2.05, 4.69) is 22.4 Å². The summed E-state index contributed by atoms with van der Waals surface area (Å²) in [7, 11) is 0. The fourth-order valence-electron chi connectivity index (χ4n) is 1.48.